The zero-order chi connectivity index (χ0) is 18.8. The van der Waals surface area contributed by atoms with Gasteiger partial charge < -0.3 is 10.6 Å². The van der Waals surface area contributed by atoms with Gasteiger partial charge in [0.25, 0.3) is 5.91 Å². The van der Waals surface area contributed by atoms with E-state index in [-0.39, 0.29) is 24.1 Å². The Morgan fingerprint density at radius 1 is 1.36 bits per heavy atom. The van der Waals surface area contributed by atoms with Crippen molar-refractivity contribution in [2.24, 2.45) is 5.92 Å². The zero-order valence-corrected chi connectivity index (χ0v) is 17.1. The minimum Gasteiger partial charge on any atom is -0.351 e. The summed E-state index contributed by atoms with van der Waals surface area (Å²) in [4.78, 5) is 12.7. The molecule has 1 aromatic heterocycles. The zero-order valence-electron chi connectivity index (χ0n) is 16.3. The summed E-state index contributed by atoms with van der Waals surface area (Å²) in [6.07, 6.45) is 6.05. The Labute approximate surface area is 171 Å². The second kappa shape index (κ2) is 9.05. The van der Waals surface area contributed by atoms with Gasteiger partial charge in [0.2, 0.25) is 0 Å². The first-order valence-electron chi connectivity index (χ1n) is 9.99. The van der Waals surface area contributed by atoms with Gasteiger partial charge in [-0.3, -0.25) is 4.79 Å². The Balaban J connectivity index is 0.00000225. The maximum absolute atomic E-state index is 14.5. The largest absolute Gasteiger partial charge is 0.351 e. The molecule has 0 spiro atoms. The van der Waals surface area contributed by atoms with Gasteiger partial charge in [-0.2, -0.15) is 5.10 Å². The van der Waals surface area contributed by atoms with Gasteiger partial charge in [-0.25, -0.2) is 9.07 Å². The van der Waals surface area contributed by atoms with Crippen molar-refractivity contribution in [2.45, 2.75) is 45.4 Å². The van der Waals surface area contributed by atoms with Crippen molar-refractivity contribution in [3.05, 3.63) is 46.5 Å². The number of nitrogens with zero attached hydrogens (tertiary/aromatic N) is 2. The van der Waals surface area contributed by atoms with E-state index in [1.165, 1.54) is 18.9 Å². The summed E-state index contributed by atoms with van der Waals surface area (Å²) in [6, 6.07) is 5.13. The molecule has 0 bridgehead atoms. The number of aryl methyl sites for hydroxylation is 1. The highest BCUT2D eigenvalue weighted by Crippen LogP contribution is 2.29. The minimum atomic E-state index is -0.302. The van der Waals surface area contributed by atoms with Crippen molar-refractivity contribution in [3.63, 3.8) is 0 Å². The predicted octanol–water partition coefficient (Wildman–Crippen LogP) is 3.35. The number of aromatic nitrogens is 2. The number of piperidine rings is 1. The van der Waals surface area contributed by atoms with Crippen molar-refractivity contribution in [2.75, 3.05) is 19.6 Å². The normalized spacial score (nSPS) is 18.4. The molecule has 1 aliphatic carbocycles. The van der Waals surface area contributed by atoms with E-state index < -0.39 is 0 Å². The first-order valence-corrected chi connectivity index (χ1v) is 9.99. The van der Waals surface area contributed by atoms with Crippen LogP contribution in [-0.2, 0) is 12.8 Å². The first kappa shape index (κ1) is 20.8. The number of amides is 1. The van der Waals surface area contributed by atoms with Crippen molar-refractivity contribution in [3.8, 4) is 5.69 Å². The van der Waals surface area contributed by atoms with Crippen LogP contribution in [0.2, 0.25) is 0 Å². The molecule has 1 saturated heterocycles. The number of hydrogen-bond donors (Lipinski definition) is 2. The molecule has 2 N–H and O–H groups in total. The maximum atomic E-state index is 14.5. The molecule has 152 valence electrons. The highest BCUT2D eigenvalue weighted by molar-refractivity contribution is 5.94. The van der Waals surface area contributed by atoms with Crippen LogP contribution in [0.25, 0.3) is 5.69 Å². The second-order valence-corrected chi connectivity index (χ2v) is 7.75. The molecule has 5 nitrogen and oxygen atoms in total. The van der Waals surface area contributed by atoms with Crippen LogP contribution in [0.4, 0.5) is 4.39 Å². The standard InChI is InChI=1S/C21H27FN4O.ClH/c1-14-7-8-19(17(22)12-14)26-18-6-2-5-16(18)20(25-26)21(27)24-11-9-15-4-3-10-23-13-15;/h7-8,12,15,23H,2-6,9-11,13H2,1H3,(H,24,27);1H. The number of fused-ring (bicyclic) bond motifs is 1. The van der Waals surface area contributed by atoms with E-state index in [1.807, 2.05) is 13.0 Å². The van der Waals surface area contributed by atoms with Crippen LogP contribution >= 0.6 is 12.4 Å². The molecule has 0 saturated carbocycles. The number of benzene rings is 1. The number of rotatable bonds is 5. The van der Waals surface area contributed by atoms with Gasteiger partial charge in [0.1, 0.15) is 11.5 Å². The molecule has 1 atom stereocenters. The molecule has 4 rings (SSSR count). The van der Waals surface area contributed by atoms with E-state index in [9.17, 15) is 9.18 Å². The average Bonchev–Trinajstić information content (AvgIpc) is 3.26. The fraction of sp³-hybridized carbons (Fsp3) is 0.524. The summed E-state index contributed by atoms with van der Waals surface area (Å²) >= 11 is 0. The molecule has 0 radical (unpaired) electrons. The molecule has 1 unspecified atom stereocenters. The van der Waals surface area contributed by atoms with Crippen molar-refractivity contribution >= 4 is 18.3 Å². The van der Waals surface area contributed by atoms with Crippen LogP contribution in [0.15, 0.2) is 18.2 Å². The molecule has 2 heterocycles. The SMILES string of the molecule is Cc1ccc(-n2nc(C(=O)NCCC3CCCNC3)c3c2CCC3)c(F)c1.Cl. The van der Waals surface area contributed by atoms with E-state index in [2.05, 4.69) is 15.7 Å². The van der Waals surface area contributed by atoms with Gasteiger partial charge in [0.15, 0.2) is 5.69 Å². The molecule has 1 aromatic carbocycles. The highest BCUT2D eigenvalue weighted by atomic mass is 35.5. The van der Waals surface area contributed by atoms with Gasteiger partial charge in [-0.1, -0.05) is 6.07 Å². The third-order valence-corrected chi connectivity index (χ3v) is 5.71. The molecule has 1 fully saturated rings. The molecule has 28 heavy (non-hydrogen) atoms. The molecule has 2 aromatic rings. The van der Waals surface area contributed by atoms with Crippen LogP contribution in [0.5, 0.6) is 0 Å². The van der Waals surface area contributed by atoms with Crippen molar-refractivity contribution in [1.82, 2.24) is 20.4 Å². The van der Waals surface area contributed by atoms with E-state index >= 15 is 0 Å². The fourth-order valence-electron chi connectivity index (χ4n) is 4.25. The predicted molar refractivity (Wildman–Crippen MR) is 110 cm³/mol. The number of nitrogens with one attached hydrogen (secondary N) is 2. The first-order chi connectivity index (χ1) is 13.1. The summed E-state index contributed by atoms with van der Waals surface area (Å²) in [5.41, 5.74) is 3.71. The summed E-state index contributed by atoms with van der Waals surface area (Å²) in [6.45, 7) is 4.65. The Bertz CT molecular complexity index is 845. The third kappa shape index (κ3) is 4.23. The van der Waals surface area contributed by atoms with Crippen molar-refractivity contribution < 1.29 is 9.18 Å². The fourth-order valence-corrected chi connectivity index (χ4v) is 4.25. The lowest BCUT2D eigenvalue weighted by Crippen LogP contribution is -2.33. The molecular formula is C21H28ClFN4O. The number of carbonyl (C=O) groups excluding carboxylic acids is 1. The Kier molecular flexibility index (Phi) is 6.73. The lowest BCUT2D eigenvalue weighted by atomic mass is 9.96. The molecule has 7 heteroatoms. The third-order valence-electron chi connectivity index (χ3n) is 5.71. The van der Waals surface area contributed by atoms with Crippen molar-refractivity contribution in [1.29, 1.82) is 0 Å². The van der Waals surface area contributed by atoms with Crippen LogP contribution in [0.3, 0.4) is 0 Å². The van der Waals surface area contributed by atoms with Crippen LogP contribution in [0.1, 0.15) is 53.0 Å². The van der Waals surface area contributed by atoms with E-state index in [0.29, 0.717) is 23.8 Å². The summed E-state index contributed by atoms with van der Waals surface area (Å²) in [5.74, 6) is 0.191. The molecular weight excluding hydrogens is 379 g/mol. The highest BCUT2D eigenvalue weighted by Gasteiger charge is 2.27. The quantitative estimate of drug-likeness (QED) is 0.800. The van der Waals surface area contributed by atoms with Gasteiger partial charge in [-0.05, 0) is 82.2 Å². The van der Waals surface area contributed by atoms with Gasteiger partial charge in [0.05, 0.1) is 0 Å². The van der Waals surface area contributed by atoms with Gasteiger partial charge in [0, 0.05) is 17.8 Å². The molecule has 1 aliphatic heterocycles. The number of hydrogen-bond acceptors (Lipinski definition) is 3. The van der Waals surface area contributed by atoms with E-state index in [0.717, 1.165) is 55.6 Å². The van der Waals surface area contributed by atoms with Gasteiger partial charge >= 0.3 is 0 Å². The average molecular weight is 407 g/mol. The number of carbonyl (C=O) groups is 1. The lowest BCUT2D eigenvalue weighted by Gasteiger charge is -2.22. The Morgan fingerprint density at radius 3 is 2.96 bits per heavy atom. The Morgan fingerprint density at radius 2 is 2.21 bits per heavy atom. The van der Waals surface area contributed by atoms with E-state index in [1.54, 1.807) is 10.7 Å². The van der Waals surface area contributed by atoms with Crippen LogP contribution in [-0.4, -0.2) is 35.3 Å². The summed E-state index contributed by atoms with van der Waals surface area (Å²) in [7, 11) is 0. The lowest BCUT2D eigenvalue weighted by molar-refractivity contribution is 0.0944. The summed E-state index contributed by atoms with van der Waals surface area (Å²) in [5, 5.41) is 10.9. The van der Waals surface area contributed by atoms with Gasteiger partial charge in [-0.15, -0.1) is 12.4 Å². The van der Waals surface area contributed by atoms with Crippen LogP contribution in [0, 0.1) is 18.7 Å². The van der Waals surface area contributed by atoms with Crippen LogP contribution < -0.4 is 10.6 Å². The van der Waals surface area contributed by atoms with E-state index in [4.69, 9.17) is 0 Å². The number of halogens is 2. The molecule has 2 aliphatic rings. The smallest absolute Gasteiger partial charge is 0.272 e. The Hall–Kier alpha value is -1.92. The topological polar surface area (TPSA) is 59.0 Å². The minimum absolute atomic E-state index is 0. The maximum Gasteiger partial charge on any atom is 0.272 e. The monoisotopic (exact) mass is 406 g/mol. The second-order valence-electron chi connectivity index (χ2n) is 7.75. The summed E-state index contributed by atoms with van der Waals surface area (Å²) < 4.78 is 16.1. The molecule has 1 amide bonds.